The number of nitrogens with zero attached hydrogens (tertiary/aromatic N) is 1. The average Bonchev–Trinajstić information content (AvgIpc) is 2.86. The van der Waals surface area contributed by atoms with Crippen LogP contribution in [0.15, 0.2) is 71.5 Å². The number of methoxy groups -OCH3 is 2. The van der Waals surface area contributed by atoms with Crippen molar-refractivity contribution < 1.29 is 19.1 Å². The van der Waals surface area contributed by atoms with Gasteiger partial charge in [-0.2, -0.15) is 0 Å². The van der Waals surface area contributed by atoms with Crippen LogP contribution < -0.4 is 15.6 Å². The molecule has 0 bridgehead atoms. The number of ether oxygens (including phenoxy) is 2. The lowest BCUT2D eigenvalue weighted by Gasteiger charge is -2.12. The summed E-state index contributed by atoms with van der Waals surface area (Å²) in [6, 6.07) is 18.6. The maximum absolute atomic E-state index is 13.2. The molecule has 4 aromatic rings. The highest BCUT2D eigenvalue weighted by Crippen LogP contribution is 2.18. The number of hydrogen-bond acceptors (Lipinski definition) is 6. The summed E-state index contributed by atoms with van der Waals surface area (Å²) >= 11 is 5.41. The van der Waals surface area contributed by atoms with Crippen molar-refractivity contribution in [2.45, 2.75) is 6.54 Å². The van der Waals surface area contributed by atoms with Crippen LogP contribution in [0.5, 0.6) is 5.75 Å². The first-order valence-corrected chi connectivity index (χ1v) is 10.7. The Morgan fingerprint density at radius 1 is 1.00 bits per heavy atom. The highest BCUT2D eigenvalue weighted by atomic mass is 32.1. The predicted molar refractivity (Wildman–Crippen MR) is 130 cm³/mol. The summed E-state index contributed by atoms with van der Waals surface area (Å²) in [7, 11) is 2.86. The van der Waals surface area contributed by atoms with Crippen molar-refractivity contribution in [3.05, 3.63) is 98.5 Å². The second-order valence-corrected chi connectivity index (χ2v) is 7.75. The molecule has 2 N–H and O–H groups in total. The van der Waals surface area contributed by atoms with E-state index in [9.17, 15) is 14.4 Å². The fourth-order valence-corrected chi connectivity index (χ4v) is 3.91. The van der Waals surface area contributed by atoms with E-state index in [4.69, 9.17) is 21.7 Å². The highest BCUT2D eigenvalue weighted by molar-refractivity contribution is 7.71. The Labute approximate surface area is 199 Å². The number of benzene rings is 3. The maximum atomic E-state index is 13.2. The predicted octanol–water partition coefficient (Wildman–Crippen LogP) is 3.77. The van der Waals surface area contributed by atoms with E-state index in [0.717, 1.165) is 5.56 Å². The zero-order valence-corrected chi connectivity index (χ0v) is 19.3. The summed E-state index contributed by atoms with van der Waals surface area (Å²) in [5, 5.41) is 3.21. The Morgan fingerprint density at radius 2 is 1.79 bits per heavy atom. The molecule has 1 heterocycles. The van der Waals surface area contributed by atoms with Gasteiger partial charge in [-0.3, -0.25) is 14.2 Å². The Hall–Kier alpha value is -4.24. The third-order valence-corrected chi connectivity index (χ3v) is 5.60. The van der Waals surface area contributed by atoms with Crippen molar-refractivity contribution in [2.24, 2.45) is 0 Å². The van der Waals surface area contributed by atoms with Crippen molar-refractivity contribution in [3.63, 3.8) is 0 Å². The van der Waals surface area contributed by atoms with Crippen LogP contribution in [0.2, 0.25) is 0 Å². The molecule has 8 nitrogen and oxygen atoms in total. The molecule has 0 aliphatic heterocycles. The summed E-state index contributed by atoms with van der Waals surface area (Å²) in [4.78, 5) is 40.8. The Morgan fingerprint density at radius 3 is 2.56 bits per heavy atom. The number of amides is 1. The van der Waals surface area contributed by atoms with Crippen LogP contribution >= 0.6 is 12.2 Å². The van der Waals surface area contributed by atoms with Crippen molar-refractivity contribution in [2.75, 3.05) is 14.2 Å². The van der Waals surface area contributed by atoms with E-state index in [1.54, 1.807) is 31.4 Å². The molecule has 0 spiro atoms. The molecular weight excluding hydrogens is 454 g/mol. The Kier molecular flexibility index (Phi) is 6.55. The molecule has 172 valence electrons. The van der Waals surface area contributed by atoms with E-state index in [1.807, 2.05) is 24.3 Å². The molecular formula is C25H21N3O5S. The van der Waals surface area contributed by atoms with Crippen LogP contribution in [0.25, 0.3) is 16.6 Å². The van der Waals surface area contributed by atoms with Crippen molar-refractivity contribution >= 4 is 35.0 Å². The van der Waals surface area contributed by atoms with Crippen molar-refractivity contribution in [3.8, 4) is 11.4 Å². The molecule has 0 atom stereocenters. The van der Waals surface area contributed by atoms with Gasteiger partial charge in [-0.1, -0.05) is 24.3 Å². The zero-order chi connectivity index (χ0) is 24.2. The third kappa shape index (κ3) is 4.46. The summed E-state index contributed by atoms with van der Waals surface area (Å²) in [5.74, 6) is -0.141. The van der Waals surface area contributed by atoms with Crippen LogP contribution in [0.1, 0.15) is 26.3 Å². The van der Waals surface area contributed by atoms with Gasteiger partial charge in [0, 0.05) is 17.7 Å². The summed E-state index contributed by atoms with van der Waals surface area (Å²) in [5.41, 5.74) is 1.99. The van der Waals surface area contributed by atoms with Gasteiger partial charge in [0.25, 0.3) is 11.5 Å². The highest BCUT2D eigenvalue weighted by Gasteiger charge is 2.13. The number of carbonyl (C=O) groups excluding carboxylic acids is 2. The average molecular weight is 476 g/mol. The SMILES string of the molecule is COC(=O)c1ccc2c(=O)n(-c3cccc(C(=O)NCc4ccccc4OC)c3)c(=S)[nH]c2c1. The topological polar surface area (TPSA) is 102 Å². The van der Waals surface area contributed by atoms with Gasteiger partial charge in [-0.05, 0) is 54.7 Å². The van der Waals surface area contributed by atoms with Crippen molar-refractivity contribution in [1.29, 1.82) is 0 Å². The summed E-state index contributed by atoms with van der Waals surface area (Å²) in [6.45, 7) is 0.283. The number of rotatable bonds is 6. The minimum Gasteiger partial charge on any atom is -0.496 e. The second kappa shape index (κ2) is 9.72. The number of aromatic amines is 1. The number of nitrogens with one attached hydrogen (secondary N) is 2. The van der Waals surface area contributed by atoms with E-state index in [-0.39, 0.29) is 22.8 Å². The molecule has 9 heteroatoms. The minimum absolute atomic E-state index is 0.131. The lowest BCUT2D eigenvalue weighted by atomic mass is 10.1. The van der Waals surface area contributed by atoms with Gasteiger partial charge in [0.2, 0.25) is 0 Å². The molecule has 0 saturated heterocycles. The Balaban J connectivity index is 1.66. The number of fused-ring (bicyclic) bond motifs is 1. The van der Waals surface area contributed by atoms with Gasteiger partial charge in [0.05, 0.1) is 36.4 Å². The smallest absolute Gasteiger partial charge is 0.337 e. The standard InChI is InChI=1S/C25H21N3O5S/c1-32-21-9-4-3-6-17(21)14-26-22(29)15-7-5-8-18(12-15)28-23(30)19-11-10-16(24(31)33-2)13-20(19)27-25(28)34/h3-13H,14H2,1-2H3,(H,26,29)(H,27,34). The number of H-pyrrole nitrogens is 1. The van der Waals surface area contributed by atoms with Gasteiger partial charge >= 0.3 is 5.97 Å². The van der Waals surface area contributed by atoms with Crippen LogP contribution in [-0.2, 0) is 11.3 Å². The molecule has 0 fully saturated rings. The largest absolute Gasteiger partial charge is 0.496 e. The maximum Gasteiger partial charge on any atom is 0.337 e. The number of para-hydroxylation sites is 1. The lowest BCUT2D eigenvalue weighted by Crippen LogP contribution is -2.24. The van der Waals surface area contributed by atoms with Gasteiger partial charge in [0.15, 0.2) is 4.77 Å². The molecule has 34 heavy (non-hydrogen) atoms. The Bertz CT molecular complexity index is 1520. The van der Waals surface area contributed by atoms with Crippen LogP contribution in [0.3, 0.4) is 0 Å². The molecule has 1 amide bonds. The number of hydrogen-bond donors (Lipinski definition) is 2. The summed E-state index contributed by atoms with van der Waals surface area (Å²) in [6.07, 6.45) is 0. The molecule has 0 unspecified atom stereocenters. The fourth-order valence-electron chi connectivity index (χ4n) is 3.61. The molecule has 0 aliphatic rings. The van der Waals surface area contributed by atoms with E-state index < -0.39 is 5.97 Å². The first-order chi connectivity index (χ1) is 16.4. The molecule has 4 rings (SSSR count). The normalized spacial score (nSPS) is 10.6. The van der Waals surface area contributed by atoms with Gasteiger partial charge < -0.3 is 19.8 Å². The summed E-state index contributed by atoms with van der Waals surface area (Å²) < 4.78 is 11.5. The van der Waals surface area contributed by atoms with E-state index in [0.29, 0.717) is 33.5 Å². The zero-order valence-electron chi connectivity index (χ0n) is 18.5. The second-order valence-electron chi connectivity index (χ2n) is 7.37. The lowest BCUT2D eigenvalue weighted by molar-refractivity contribution is 0.0600. The van der Waals surface area contributed by atoms with Crippen LogP contribution in [0, 0.1) is 4.77 Å². The van der Waals surface area contributed by atoms with E-state index in [1.165, 1.54) is 29.9 Å². The van der Waals surface area contributed by atoms with Gasteiger partial charge in [0.1, 0.15) is 5.75 Å². The first-order valence-electron chi connectivity index (χ1n) is 10.3. The molecule has 0 radical (unpaired) electrons. The number of aromatic nitrogens is 2. The minimum atomic E-state index is -0.516. The van der Waals surface area contributed by atoms with Crippen molar-refractivity contribution in [1.82, 2.24) is 14.9 Å². The van der Waals surface area contributed by atoms with E-state index >= 15 is 0 Å². The molecule has 0 aliphatic carbocycles. The third-order valence-electron chi connectivity index (χ3n) is 5.32. The first kappa shape index (κ1) is 22.9. The van der Waals surface area contributed by atoms with E-state index in [2.05, 4.69) is 10.3 Å². The van der Waals surface area contributed by atoms with Gasteiger partial charge in [-0.15, -0.1) is 0 Å². The number of esters is 1. The van der Waals surface area contributed by atoms with Crippen LogP contribution in [0.4, 0.5) is 0 Å². The molecule has 1 aromatic heterocycles. The van der Waals surface area contributed by atoms with Crippen LogP contribution in [-0.4, -0.2) is 35.6 Å². The quantitative estimate of drug-likeness (QED) is 0.325. The number of carbonyl (C=O) groups is 2. The molecule has 3 aromatic carbocycles. The molecule has 0 saturated carbocycles. The monoisotopic (exact) mass is 475 g/mol. The van der Waals surface area contributed by atoms with Gasteiger partial charge in [-0.25, -0.2) is 4.79 Å². The fraction of sp³-hybridized carbons (Fsp3) is 0.120.